The molecule has 1 aromatic carbocycles. The van der Waals surface area contributed by atoms with Gasteiger partial charge in [-0.3, -0.25) is 0 Å². The van der Waals surface area contributed by atoms with E-state index in [0.717, 1.165) is 0 Å². The summed E-state index contributed by atoms with van der Waals surface area (Å²) >= 11 is 0. The normalized spacial score (nSPS) is 20.6. The Hall–Kier alpha value is -0.780. The summed E-state index contributed by atoms with van der Waals surface area (Å²) in [5.41, 5.74) is 7.39. The molecule has 0 heterocycles. The minimum atomic E-state index is 0.676. The highest BCUT2D eigenvalue weighted by Crippen LogP contribution is 2.53. The van der Waals surface area contributed by atoms with Crippen molar-refractivity contribution in [1.29, 1.82) is 0 Å². The molecule has 0 saturated heterocycles. The van der Waals surface area contributed by atoms with Crippen molar-refractivity contribution in [3.8, 4) is 0 Å². The first-order valence-corrected chi connectivity index (χ1v) is 7.67. The van der Waals surface area contributed by atoms with E-state index in [9.17, 15) is 0 Å². The molecule has 0 bridgehead atoms. The summed E-state index contributed by atoms with van der Waals surface area (Å²) in [5.74, 6) is 1.35. The lowest BCUT2D eigenvalue weighted by Crippen LogP contribution is -2.29. The van der Waals surface area contributed by atoms with Gasteiger partial charge < -0.3 is 0 Å². The summed E-state index contributed by atoms with van der Waals surface area (Å²) in [4.78, 5) is 0. The summed E-state index contributed by atoms with van der Waals surface area (Å²) in [5, 5.41) is 0. The molecule has 1 aromatic rings. The van der Waals surface area contributed by atoms with E-state index in [1.165, 1.54) is 32.1 Å². The predicted molar refractivity (Wildman–Crippen MR) is 78.3 cm³/mol. The highest BCUT2D eigenvalue weighted by atomic mass is 14.5. The minimum Gasteiger partial charge on any atom is -0.0587 e. The standard InChI is InChI=1S/C18H26/c1-12(2)14-6-7-15(13(3)4)17-11-18(8-5-9-18)10-16(14)17/h6-7,12-13H,5,8-11H2,1-4H3. The third kappa shape index (κ3) is 1.73. The van der Waals surface area contributed by atoms with Gasteiger partial charge in [0.05, 0.1) is 0 Å². The van der Waals surface area contributed by atoms with Crippen molar-refractivity contribution < 1.29 is 0 Å². The van der Waals surface area contributed by atoms with E-state index in [4.69, 9.17) is 0 Å². The molecule has 2 aliphatic carbocycles. The molecule has 18 heavy (non-hydrogen) atoms. The quantitative estimate of drug-likeness (QED) is 0.668. The molecule has 0 heteroatoms. The minimum absolute atomic E-state index is 0.676. The molecule has 98 valence electrons. The monoisotopic (exact) mass is 242 g/mol. The molecule has 1 saturated carbocycles. The van der Waals surface area contributed by atoms with Crippen molar-refractivity contribution in [3.05, 3.63) is 34.4 Å². The van der Waals surface area contributed by atoms with Crippen LogP contribution in [0.5, 0.6) is 0 Å². The zero-order chi connectivity index (χ0) is 12.9. The van der Waals surface area contributed by atoms with Crippen molar-refractivity contribution in [2.45, 2.75) is 71.6 Å². The van der Waals surface area contributed by atoms with Crippen LogP contribution in [0.25, 0.3) is 0 Å². The molecule has 0 aromatic heterocycles. The lowest BCUT2D eigenvalue weighted by molar-refractivity contribution is 0.148. The summed E-state index contributed by atoms with van der Waals surface area (Å²) < 4.78 is 0. The molecule has 0 atom stereocenters. The van der Waals surface area contributed by atoms with Gasteiger partial charge in [-0.25, -0.2) is 0 Å². The Morgan fingerprint density at radius 3 is 1.56 bits per heavy atom. The van der Waals surface area contributed by atoms with Gasteiger partial charge in [-0.1, -0.05) is 46.2 Å². The van der Waals surface area contributed by atoms with E-state index in [2.05, 4.69) is 39.8 Å². The third-order valence-corrected chi connectivity index (χ3v) is 5.27. The van der Waals surface area contributed by atoms with Crippen LogP contribution in [0.3, 0.4) is 0 Å². The third-order valence-electron chi connectivity index (χ3n) is 5.27. The average molecular weight is 242 g/mol. The van der Waals surface area contributed by atoms with Crippen LogP contribution in [-0.2, 0) is 12.8 Å². The van der Waals surface area contributed by atoms with Crippen LogP contribution in [-0.4, -0.2) is 0 Å². The average Bonchev–Trinajstić information content (AvgIpc) is 2.66. The maximum Gasteiger partial charge on any atom is -0.0213 e. The van der Waals surface area contributed by atoms with E-state index < -0.39 is 0 Å². The van der Waals surface area contributed by atoms with Gasteiger partial charge in [0.1, 0.15) is 0 Å². The van der Waals surface area contributed by atoms with Crippen LogP contribution in [0.1, 0.15) is 81.0 Å². The van der Waals surface area contributed by atoms with E-state index in [-0.39, 0.29) is 0 Å². The van der Waals surface area contributed by atoms with Crippen molar-refractivity contribution in [2.24, 2.45) is 5.41 Å². The van der Waals surface area contributed by atoms with Gasteiger partial charge in [0, 0.05) is 0 Å². The van der Waals surface area contributed by atoms with Crippen molar-refractivity contribution in [2.75, 3.05) is 0 Å². The van der Waals surface area contributed by atoms with Crippen molar-refractivity contribution >= 4 is 0 Å². The zero-order valence-corrected chi connectivity index (χ0v) is 12.3. The first-order chi connectivity index (χ1) is 8.52. The van der Waals surface area contributed by atoms with Gasteiger partial charge in [0.25, 0.3) is 0 Å². The van der Waals surface area contributed by atoms with Crippen LogP contribution in [0.4, 0.5) is 0 Å². The molecular formula is C18H26. The second-order valence-corrected chi connectivity index (χ2v) is 7.22. The van der Waals surface area contributed by atoms with Gasteiger partial charge in [-0.05, 0) is 65.2 Å². The zero-order valence-electron chi connectivity index (χ0n) is 12.3. The van der Waals surface area contributed by atoms with Crippen LogP contribution in [0, 0.1) is 5.41 Å². The van der Waals surface area contributed by atoms with Gasteiger partial charge in [-0.2, -0.15) is 0 Å². The Balaban J connectivity index is 2.09. The first kappa shape index (κ1) is 12.3. The number of hydrogen-bond donors (Lipinski definition) is 0. The molecule has 0 aliphatic heterocycles. The fourth-order valence-corrected chi connectivity index (χ4v) is 4.07. The summed E-state index contributed by atoms with van der Waals surface area (Å²) in [6.07, 6.45) is 7.14. The molecule has 2 aliphatic rings. The van der Waals surface area contributed by atoms with Crippen LogP contribution in [0.2, 0.25) is 0 Å². The van der Waals surface area contributed by atoms with Gasteiger partial charge in [0.2, 0.25) is 0 Å². The summed E-state index contributed by atoms with van der Waals surface area (Å²) in [6.45, 7) is 9.37. The van der Waals surface area contributed by atoms with Crippen molar-refractivity contribution in [1.82, 2.24) is 0 Å². The highest BCUT2D eigenvalue weighted by Gasteiger charge is 2.43. The van der Waals surface area contributed by atoms with E-state index >= 15 is 0 Å². The first-order valence-electron chi connectivity index (χ1n) is 7.67. The lowest BCUT2D eigenvalue weighted by Gasteiger charge is -2.38. The van der Waals surface area contributed by atoms with Crippen LogP contribution in [0.15, 0.2) is 12.1 Å². The van der Waals surface area contributed by atoms with Crippen molar-refractivity contribution in [3.63, 3.8) is 0 Å². The number of benzene rings is 1. The summed E-state index contributed by atoms with van der Waals surface area (Å²) in [7, 11) is 0. The highest BCUT2D eigenvalue weighted by molar-refractivity contribution is 5.48. The van der Waals surface area contributed by atoms with E-state index in [0.29, 0.717) is 17.3 Å². The number of rotatable bonds is 2. The molecule has 1 fully saturated rings. The fourth-order valence-electron chi connectivity index (χ4n) is 4.07. The molecule has 0 amide bonds. The maximum atomic E-state index is 2.41. The summed E-state index contributed by atoms with van der Waals surface area (Å²) in [6, 6.07) is 4.83. The van der Waals surface area contributed by atoms with Crippen LogP contribution < -0.4 is 0 Å². The Morgan fingerprint density at radius 2 is 1.28 bits per heavy atom. The maximum absolute atomic E-state index is 2.41. The van der Waals surface area contributed by atoms with E-state index in [1.54, 1.807) is 22.3 Å². The Morgan fingerprint density at radius 1 is 0.833 bits per heavy atom. The van der Waals surface area contributed by atoms with E-state index in [1.807, 2.05) is 0 Å². The molecule has 0 radical (unpaired) electrons. The smallest absolute Gasteiger partial charge is 0.0213 e. The molecule has 1 spiro atoms. The Kier molecular flexibility index (Phi) is 2.80. The van der Waals surface area contributed by atoms with Gasteiger partial charge in [-0.15, -0.1) is 0 Å². The largest absolute Gasteiger partial charge is 0.0587 e. The second kappa shape index (κ2) is 4.11. The van der Waals surface area contributed by atoms with Gasteiger partial charge in [0.15, 0.2) is 0 Å². The number of hydrogen-bond acceptors (Lipinski definition) is 0. The predicted octanol–water partition coefficient (Wildman–Crippen LogP) is 5.20. The molecule has 0 nitrogen and oxygen atoms in total. The Bertz CT molecular complexity index is 422. The Labute approximate surface area is 112 Å². The molecular weight excluding hydrogens is 216 g/mol. The molecule has 3 rings (SSSR count). The second-order valence-electron chi connectivity index (χ2n) is 7.22. The number of fused-ring (bicyclic) bond motifs is 1. The van der Waals surface area contributed by atoms with Crippen LogP contribution >= 0.6 is 0 Å². The molecule has 0 unspecified atom stereocenters. The SMILES string of the molecule is CC(C)c1ccc(C(C)C)c2c1CC1(CCC1)C2. The fraction of sp³-hybridized carbons (Fsp3) is 0.667. The van der Waals surface area contributed by atoms with Gasteiger partial charge >= 0.3 is 0 Å². The molecule has 0 N–H and O–H groups in total. The topological polar surface area (TPSA) is 0 Å². The lowest BCUT2D eigenvalue weighted by atomic mass is 9.66.